The largest absolute Gasteiger partial charge is 0.481 e. The van der Waals surface area contributed by atoms with Gasteiger partial charge in [0.15, 0.2) is 0 Å². The Kier molecular flexibility index (Phi) is 5.19. The average molecular weight is 269 g/mol. The van der Waals surface area contributed by atoms with Gasteiger partial charge in [0.1, 0.15) is 0 Å². The molecule has 2 aliphatic rings. The van der Waals surface area contributed by atoms with Crippen LogP contribution in [0.5, 0.6) is 0 Å². The van der Waals surface area contributed by atoms with Crippen LogP contribution < -0.4 is 0 Å². The van der Waals surface area contributed by atoms with Crippen LogP contribution in [-0.4, -0.2) is 47.2 Å². The molecular weight excluding hydrogens is 246 g/mol. The first-order valence-corrected chi connectivity index (χ1v) is 7.30. The van der Waals surface area contributed by atoms with Crippen LogP contribution in [0.4, 0.5) is 0 Å². The van der Waals surface area contributed by atoms with Crippen LogP contribution in [0.3, 0.4) is 0 Å². The molecule has 1 saturated heterocycles. The minimum absolute atomic E-state index is 0.0401. The molecule has 1 N–H and O–H groups in total. The predicted molar refractivity (Wildman–Crippen MR) is 69.8 cm³/mol. The van der Waals surface area contributed by atoms with Crippen molar-refractivity contribution in [2.75, 3.05) is 13.1 Å². The minimum atomic E-state index is -0.909. The van der Waals surface area contributed by atoms with E-state index in [1.165, 1.54) is 25.7 Å². The number of carbonyl (C=O) groups is 2. The Morgan fingerprint density at radius 2 is 1.58 bits per heavy atom. The zero-order valence-corrected chi connectivity index (χ0v) is 11.3. The Labute approximate surface area is 113 Å². The van der Waals surface area contributed by atoms with Crippen LogP contribution in [0.15, 0.2) is 0 Å². The molecule has 1 heterocycles. The fourth-order valence-corrected chi connectivity index (χ4v) is 2.91. The maximum atomic E-state index is 11.8. The highest BCUT2D eigenvalue weighted by Crippen LogP contribution is 2.25. The van der Waals surface area contributed by atoms with E-state index in [2.05, 4.69) is 0 Å². The monoisotopic (exact) mass is 269 g/mol. The highest BCUT2D eigenvalue weighted by molar-refractivity contribution is 5.80. The van der Waals surface area contributed by atoms with E-state index in [9.17, 15) is 9.59 Å². The van der Waals surface area contributed by atoms with Crippen molar-refractivity contribution in [1.29, 1.82) is 0 Å². The Morgan fingerprint density at radius 1 is 1.00 bits per heavy atom. The molecule has 0 atom stereocenters. The van der Waals surface area contributed by atoms with E-state index in [1.807, 2.05) is 0 Å². The van der Waals surface area contributed by atoms with Gasteiger partial charge in [0, 0.05) is 19.5 Å². The standard InChI is InChI=1S/C14H23NO4/c16-13(5-6-14(17)18)15-9-7-12(8-10-15)19-11-3-1-2-4-11/h11-12H,1-10H2,(H,17,18). The van der Waals surface area contributed by atoms with Gasteiger partial charge in [-0.3, -0.25) is 9.59 Å². The lowest BCUT2D eigenvalue weighted by molar-refractivity contribution is -0.142. The highest BCUT2D eigenvalue weighted by atomic mass is 16.5. The summed E-state index contributed by atoms with van der Waals surface area (Å²) in [4.78, 5) is 24.0. The number of nitrogens with zero attached hydrogens (tertiary/aromatic N) is 1. The fourth-order valence-electron chi connectivity index (χ4n) is 2.91. The minimum Gasteiger partial charge on any atom is -0.481 e. The Bertz CT molecular complexity index is 317. The molecule has 1 aliphatic carbocycles. The number of piperidine rings is 1. The molecule has 0 unspecified atom stereocenters. The molecule has 1 saturated carbocycles. The third kappa shape index (κ3) is 4.49. The van der Waals surface area contributed by atoms with Crippen molar-refractivity contribution in [2.45, 2.75) is 63.6 Å². The number of amides is 1. The summed E-state index contributed by atoms with van der Waals surface area (Å²) in [6, 6.07) is 0. The molecule has 0 aromatic heterocycles. The van der Waals surface area contributed by atoms with Crippen molar-refractivity contribution < 1.29 is 19.4 Å². The molecule has 0 bridgehead atoms. The highest BCUT2D eigenvalue weighted by Gasteiger charge is 2.26. The number of hydrogen-bond donors (Lipinski definition) is 1. The zero-order valence-electron chi connectivity index (χ0n) is 11.3. The summed E-state index contributed by atoms with van der Waals surface area (Å²) in [5.41, 5.74) is 0. The third-order valence-corrected chi connectivity index (χ3v) is 4.03. The van der Waals surface area contributed by atoms with Crippen molar-refractivity contribution in [3.8, 4) is 0 Å². The summed E-state index contributed by atoms with van der Waals surface area (Å²) in [6.45, 7) is 1.41. The maximum absolute atomic E-state index is 11.8. The van der Waals surface area contributed by atoms with Crippen molar-refractivity contribution in [1.82, 2.24) is 4.90 Å². The van der Waals surface area contributed by atoms with E-state index in [1.54, 1.807) is 4.90 Å². The van der Waals surface area contributed by atoms with Crippen LogP contribution in [0.1, 0.15) is 51.4 Å². The summed E-state index contributed by atoms with van der Waals surface area (Å²) in [5.74, 6) is -0.950. The fraction of sp³-hybridized carbons (Fsp3) is 0.857. The van der Waals surface area contributed by atoms with Gasteiger partial charge in [0.2, 0.25) is 5.91 Å². The normalized spacial score (nSPS) is 21.8. The average Bonchev–Trinajstić information content (AvgIpc) is 2.89. The lowest BCUT2D eigenvalue weighted by Crippen LogP contribution is -2.41. The van der Waals surface area contributed by atoms with Gasteiger partial charge in [-0.1, -0.05) is 12.8 Å². The SMILES string of the molecule is O=C(O)CCC(=O)N1CCC(OC2CCCC2)CC1. The molecule has 0 spiro atoms. The molecule has 19 heavy (non-hydrogen) atoms. The number of carboxylic acids is 1. The Hall–Kier alpha value is -1.10. The molecule has 1 aliphatic heterocycles. The van der Waals surface area contributed by atoms with Gasteiger partial charge in [-0.15, -0.1) is 0 Å². The summed E-state index contributed by atoms with van der Waals surface area (Å²) in [5, 5.41) is 8.57. The second-order valence-electron chi connectivity index (χ2n) is 5.52. The number of likely N-dealkylation sites (tertiary alicyclic amines) is 1. The van der Waals surface area contributed by atoms with Gasteiger partial charge in [-0.2, -0.15) is 0 Å². The van der Waals surface area contributed by atoms with Gasteiger partial charge < -0.3 is 14.7 Å². The van der Waals surface area contributed by atoms with Crippen LogP contribution >= 0.6 is 0 Å². The van der Waals surface area contributed by atoms with Gasteiger partial charge >= 0.3 is 5.97 Å². The van der Waals surface area contributed by atoms with Crippen LogP contribution in [0, 0.1) is 0 Å². The molecule has 5 heteroatoms. The number of aliphatic carboxylic acids is 1. The molecule has 2 rings (SSSR count). The number of ether oxygens (including phenoxy) is 1. The maximum Gasteiger partial charge on any atom is 0.303 e. The van der Waals surface area contributed by atoms with Crippen molar-refractivity contribution >= 4 is 11.9 Å². The van der Waals surface area contributed by atoms with Gasteiger partial charge in [0.25, 0.3) is 0 Å². The topological polar surface area (TPSA) is 66.8 Å². The van der Waals surface area contributed by atoms with Crippen LogP contribution in [-0.2, 0) is 14.3 Å². The molecule has 5 nitrogen and oxygen atoms in total. The van der Waals surface area contributed by atoms with Gasteiger partial charge in [0.05, 0.1) is 18.6 Å². The van der Waals surface area contributed by atoms with E-state index in [0.717, 1.165) is 12.8 Å². The van der Waals surface area contributed by atoms with E-state index in [0.29, 0.717) is 19.2 Å². The molecule has 108 valence electrons. The lowest BCUT2D eigenvalue weighted by Gasteiger charge is -2.33. The summed E-state index contributed by atoms with van der Waals surface area (Å²) in [6.07, 6.45) is 7.43. The molecule has 1 amide bonds. The van der Waals surface area contributed by atoms with E-state index in [-0.39, 0.29) is 24.9 Å². The van der Waals surface area contributed by atoms with E-state index >= 15 is 0 Å². The van der Waals surface area contributed by atoms with Crippen LogP contribution in [0.2, 0.25) is 0 Å². The molecule has 0 aromatic carbocycles. The van der Waals surface area contributed by atoms with Gasteiger partial charge in [-0.05, 0) is 25.7 Å². The van der Waals surface area contributed by atoms with Crippen molar-refractivity contribution in [3.63, 3.8) is 0 Å². The third-order valence-electron chi connectivity index (χ3n) is 4.03. The lowest BCUT2D eigenvalue weighted by atomic mass is 10.1. The molecular formula is C14H23NO4. The van der Waals surface area contributed by atoms with E-state index < -0.39 is 5.97 Å². The first kappa shape index (κ1) is 14.3. The quantitative estimate of drug-likeness (QED) is 0.826. The molecule has 0 radical (unpaired) electrons. The smallest absolute Gasteiger partial charge is 0.303 e. The second-order valence-corrected chi connectivity index (χ2v) is 5.52. The van der Waals surface area contributed by atoms with Crippen molar-refractivity contribution in [3.05, 3.63) is 0 Å². The molecule has 2 fully saturated rings. The number of carboxylic acid groups (broad SMARTS) is 1. The summed E-state index contributed by atoms with van der Waals surface area (Å²) in [7, 11) is 0. The number of hydrogen-bond acceptors (Lipinski definition) is 3. The number of rotatable bonds is 5. The first-order chi connectivity index (χ1) is 9.15. The summed E-state index contributed by atoms with van der Waals surface area (Å²) < 4.78 is 6.05. The predicted octanol–water partition coefficient (Wildman–Crippen LogP) is 1.80. The summed E-state index contributed by atoms with van der Waals surface area (Å²) >= 11 is 0. The second kappa shape index (κ2) is 6.89. The zero-order chi connectivity index (χ0) is 13.7. The molecule has 0 aromatic rings. The van der Waals surface area contributed by atoms with Gasteiger partial charge in [-0.25, -0.2) is 0 Å². The van der Waals surface area contributed by atoms with E-state index in [4.69, 9.17) is 9.84 Å². The Balaban J connectivity index is 1.66. The van der Waals surface area contributed by atoms with Crippen LogP contribution in [0.25, 0.3) is 0 Å². The first-order valence-electron chi connectivity index (χ1n) is 7.30. The number of carbonyl (C=O) groups excluding carboxylic acids is 1. The van der Waals surface area contributed by atoms with Crippen molar-refractivity contribution in [2.24, 2.45) is 0 Å². The Morgan fingerprint density at radius 3 is 2.16 bits per heavy atom.